The zero-order chi connectivity index (χ0) is 28.3. The number of rotatable bonds is 4. The molecular weight excluding hydrogens is 526 g/mol. The molecule has 0 aliphatic carbocycles. The van der Waals surface area contributed by atoms with Gasteiger partial charge in [0.25, 0.3) is 0 Å². The molecule has 0 aliphatic rings. The first-order valence-corrected chi connectivity index (χ1v) is 14.5. The predicted octanol–water partition coefficient (Wildman–Crippen LogP) is 10.7. The number of nitrogens with zero attached hydrogens (tertiary/aromatic N) is 3. The highest BCUT2D eigenvalue weighted by Crippen LogP contribution is 2.40. The first-order chi connectivity index (χ1) is 21.3. The van der Waals surface area contributed by atoms with Crippen LogP contribution in [-0.4, -0.2) is 9.55 Å². The molecule has 4 nitrogen and oxygen atoms in total. The number of furan rings is 1. The van der Waals surface area contributed by atoms with Crippen molar-refractivity contribution in [2.75, 3.05) is 4.90 Å². The summed E-state index contributed by atoms with van der Waals surface area (Å²) in [5.41, 5.74) is 9.06. The average Bonchev–Trinajstić information content (AvgIpc) is 3.61. The maximum absolute atomic E-state index is 6.21. The van der Waals surface area contributed by atoms with Gasteiger partial charge in [0.1, 0.15) is 11.1 Å². The van der Waals surface area contributed by atoms with E-state index >= 15 is 0 Å². The minimum Gasteiger partial charge on any atom is -0.454 e. The van der Waals surface area contributed by atoms with E-state index in [9.17, 15) is 0 Å². The van der Waals surface area contributed by atoms with E-state index in [1.165, 1.54) is 32.6 Å². The Bertz CT molecular complexity index is 2450. The van der Waals surface area contributed by atoms with Gasteiger partial charge in [0, 0.05) is 44.7 Å². The molecule has 0 N–H and O–H groups in total. The Morgan fingerprint density at radius 2 is 1.21 bits per heavy atom. The highest BCUT2D eigenvalue weighted by Gasteiger charge is 2.18. The molecule has 3 heterocycles. The Labute approximate surface area is 247 Å². The van der Waals surface area contributed by atoms with Gasteiger partial charge in [-0.1, -0.05) is 84.9 Å². The first-order valence-electron chi connectivity index (χ1n) is 14.5. The molecular formula is C39H25N3O. The van der Waals surface area contributed by atoms with Crippen LogP contribution in [0.2, 0.25) is 0 Å². The lowest BCUT2D eigenvalue weighted by atomic mass is 10.1. The van der Waals surface area contributed by atoms with E-state index in [4.69, 9.17) is 9.40 Å². The van der Waals surface area contributed by atoms with Crippen LogP contribution in [-0.2, 0) is 0 Å². The number of benzene rings is 6. The zero-order valence-corrected chi connectivity index (χ0v) is 23.2. The van der Waals surface area contributed by atoms with Crippen LogP contribution in [0, 0.1) is 0 Å². The summed E-state index contributed by atoms with van der Waals surface area (Å²) in [6.07, 6.45) is 1.93. The number of para-hydroxylation sites is 3. The van der Waals surface area contributed by atoms with Gasteiger partial charge in [-0.3, -0.25) is 0 Å². The highest BCUT2D eigenvalue weighted by molar-refractivity contribution is 6.18. The van der Waals surface area contributed by atoms with Crippen LogP contribution in [0.4, 0.5) is 17.1 Å². The third-order valence-electron chi connectivity index (χ3n) is 8.40. The van der Waals surface area contributed by atoms with Crippen LogP contribution in [0.15, 0.2) is 156 Å². The maximum Gasteiger partial charge on any atom is 0.155 e. The van der Waals surface area contributed by atoms with Crippen molar-refractivity contribution < 1.29 is 4.42 Å². The lowest BCUT2D eigenvalue weighted by Crippen LogP contribution is -2.10. The van der Waals surface area contributed by atoms with E-state index < -0.39 is 0 Å². The summed E-state index contributed by atoms with van der Waals surface area (Å²) in [4.78, 5) is 7.08. The molecule has 202 valence electrons. The predicted molar refractivity (Wildman–Crippen MR) is 178 cm³/mol. The molecule has 0 saturated carbocycles. The van der Waals surface area contributed by atoms with Gasteiger partial charge in [0.05, 0.1) is 22.9 Å². The molecule has 9 rings (SSSR count). The van der Waals surface area contributed by atoms with Crippen molar-refractivity contribution in [1.29, 1.82) is 0 Å². The minimum absolute atomic E-state index is 0.772. The number of anilines is 3. The largest absolute Gasteiger partial charge is 0.454 e. The molecule has 4 heteroatoms. The number of hydrogen-bond acceptors (Lipinski definition) is 3. The smallest absolute Gasteiger partial charge is 0.155 e. The van der Waals surface area contributed by atoms with Gasteiger partial charge in [-0.2, -0.15) is 0 Å². The Kier molecular flexibility index (Phi) is 5.16. The molecule has 0 amide bonds. The van der Waals surface area contributed by atoms with E-state index in [1.807, 2.05) is 30.5 Å². The Morgan fingerprint density at radius 1 is 0.512 bits per heavy atom. The molecule has 43 heavy (non-hydrogen) atoms. The third-order valence-corrected chi connectivity index (χ3v) is 8.40. The van der Waals surface area contributed by atoms with Gasteiger partial charge in [-0.05, 0) is 60.0 Å². The molecule has 0 atom stereocenters. The van der Waals surface area contributed by atoms with Crippen LogP contribution in [0.1, 0.15) is 0 Å². The van der Waals surface area contributed by atoms with Crippen LogP contribution in [0.3, 0.4) is 0 Å². The van der Waals surface area contributed by atoms with E-state index in [0.717, 1.165) is 44.8 Å². The van der Waals surface area contributed by atoms with E-state index in [2.05, 4.69) is 131 Å². The molecule has 0 spiro atoms. The number of fused-ring (bicyclic) bond motifs is 8. The second-order valence-electron chi connectivity index (χ2n) is 10.9. The summed E-state index contributed by atoms with van der Waals surface area (Å²) in [7, 11) is 0. The molecule has 9 aromatic rings. The van der Waals surface area contributed by atoms with E-state index in [1.54, 1.807) is 0 Å². The summed E-state index contributed by atoms with van der Waals surface area (Å²) >= 11 is 0. The molecule has 0 saturated heterocycles. The fourth-order valence-electron chi connectivity index (χ4n) is 6.48. The third kappa shape index (κ3) is 3.67. The quantitative estimate of drug-likeness (QED) is 0.218. The summed E-state index contributed by atoms with van der Waals surface area (Å²) in [5, 5.41) is 6.02. The van der Waals surface area contributed by atoms with Crippen molar-refractivity contribution >= 4 is 71.7 Å². The second kappa shape index (κ2) is 9.33. The summed E-state index contributed by atoms with van der Waals surface area (Å²) in [6.45, 7) is 0. The number of pyridine rings is 1. The summed E-state index contributed by atoms with van der Waals surface area (Å²) in [6, 6.07) is 51.1. The minimum atomic E-state index is 0.772. The second-order valence-corrected chi connectivity index (χ2v) is 10.9. The lowest BCUT2D eigenvalue weighted by molar-refractivity contribution is 0.668. The van der Waals surface area contributed by atoms with Crippen molar-refractivity contribution in [3.63, 3.8) is 0 Å². The Hall–Kier alpha value is -5.87. The van der Waals surface area contributed by atoms with Gasteiger partial charge >= 0.3 is 0 Å². The molecule has 0 radical (unpaired) electrons. The fraction of sp³-hybridized carbons (Fsp3) is 0. The Morgan fingerprint density at radius 3 is 2.07 bits per heavy atom. The first kappa shape index (κ1) is 23.8. The monoisotopic (exact) mass is 551 g/mol. The van der Waals surface area contributed by atoms with Crippen LogP contribution in [0.5, 0.6) is 0 Å². The fourth-order valence-corrected chi connectivity index (χ4v) is 6.48. The van der Waals surface area contributed by atoms with Gasteiger partial charge in [0.15, 0.2) is 5.58 Å². The molecule has 6 aromatic carbocycles. The number of aromatic nitrogens is 2. The van der Waals surface area contributed by atoms with Crippen molar-refractivity contribution in [2.45, 2.75) is 0 Å². The van der Waals surface area contributed by atoms with E-state index in [-0.39, 0.29) is 0 Å². The van der Waals surface area contributed by atoms with Crippen molar-refractivity contribution in [3.8, 4) is 5.69 Å². The molecule has 0 unspecified atom stereocenters. The summed E-state index contributed by atoms with van der Waals surface area (Å²) in [5.74, 6) is 0. The maximum atomic E-state index is 6.21. The SMILES string of the molecule is c1ccc(N(c2ccc(-n3c4ccccc4c4ccc5ccccc5c43)cc2)c2cnc3c(c2)oc2ccccc23)cc1. The normalized spacial score (nSPS) is 11.7. The number of hydrogen-bond donors (Lipinski definition) is 0. The van der Waals surface area contributed by atoms with Gasteiger partial charge in [0.2, 0.25) is 0 Å². The standard InChI is InChI=1S/C39H25N3O/c1-2-11-27(12-3-1)41(30-24-37-38(40-25-30)34-15-7-9-17-36(34)43-37)28-19-21-29(22-20-28)42-35-16-8-6-14-32(35)33-23-18-26-10-4-5-13-31(26)39(33)42/h1-25H. The zero-order valence-electron chi connectivity index (χ0n) is 23.2. The van der Waals surface area contributed by atoms with Gasteiger partial charge in [-0.15, -0.1) is 0 Å². The van der Waals surface area contributed by atoms with Crippen molar-refractivity contribution in [2.24, 2.45) is 0 Å². The molecule has 3 aromatic heterocycles. The molecule has 0 aliphatic heterocycles. The van der Waals surface area contributed by atoms with Gasteiger partial charge in [-0.25, -0.2) is 4.98 Å². The van der Waals surface area contributed by atoms with Crippen molar-refractivity contribution in [3.05, 3.63) is 152 Å². The average molecular weight is 552 g/mol. The van der Waals surface area contributed by atoms with Crippen LogP contribution >= 0.6 is 0 Å². The van der Waals surface area contributed by atoms with Gasteiger partial charge < -0.3 is 13.9 Å². The van der Waals surface area contributed by atoms with Crippen molar-refractivity contribution in [1.82, 2.24) is 9.55 Å². The Balaban J connectivity index is 1.23. The van der Waals surface area contributed by atoms with Crippen LogP contribution < -0.4 is 4.90 Å². The lowest BCUT2D eigenvalue weighted by Gasteiger charge is -2.25. The molecule has 0 fully saturated rings. The highest BCUT2D eigenvalue weighted by atomic mass is 16.3. The van der Waals surface area contributed by atoms with Crippen LogP contribution in [0.25, 0.3) is 60.3 Å². The van der Waals surface area contributed by atoms with E-state index in [0.29, 0.717) is 0 Å². The summed E-state index contributed by atoms with van der Waals surface area (Å²) < 4.78 is 8.60. The topological polar surface area (TPSA) is 34.2 Å². The molecule has 0 bridgehead atoms.